The third-order valence-electron chi connectivity index (χ3n) is 3.52. The van der Waals surface area contributed by atoms with Crippen LogP contribution in [0.5, 0.6) is 0 Å². The van der Waals surface area contributed by atoms with Gasteiger partial charge in [0.05, 0.1) is 11.8 Å². The van der Waals surface area contributed by atoms with Crippen LogP contribution in [-0.4, -0.2) is 42.7 Å². The maximum Gasteiger partial charge on any atom is 0.0702 e. The second-order valence-electron chi connectivity index (χ2n) is 5.14. The van der Waals surface area contributed by atoms with E-state index in [1.54, 1.807) is 0 Å². The Kier molecular flexibility index (Phi) is 5.76. The van der Waals surface area contributed by atoms with Crippen molar-refractivity contribution in [1.29, 1.82) is 0 Å². The van der Waals surface area contributed by atoms with Crippen molar-refractivity contribution < 1.29 is 4.74 Å². The molecular weight excluding hydrogens is 238 g/mol. The molecule has 1 fully saturated rings. The number of rotatable bonds is 6. The van der Waals surface area contributed by atoms with Crippen LogP contribution in [0.25, 0.3) is 0 Å². The number of ether oxygens (including phenoxy) is 1. The predicted octanol–water partition coefficient (Wildman–Crippen LogP) is 1.80. The van der Waals surface area contributed by atoms with Gasteiger partial charge in [-0.05, 0) is 45.0 Å². The van der Waals surface area contributed by atoms with Crippen LogP contribution < -0.4 is 5.32 Å². The maximum atomic E-state index is 5.73. The van der Waals surface area contributed by atoms with Gasteiger partial charge in [0.25, 0.3) is 0 Å². The van der Waals surface area contributed by atoms with Crippen LogP contribution in [0.3, 0.4) is 0 Å². The highest BCUT2D eigenvalue weighted by Gasteiger charge is 2.20. The number of nitrogens with zero attached hydrogens (tertiary/aromatic N) is 2. The number of piperidine rings is 1. The van der Waals surface area contributed by atoms with Gasteiger partial charge in [-0.3, -0.25) is 9.88 Å². The first-order valence-corrected chi connectivity index (χ1v) is 7.24. The van der Waals surface area contributed by atoms with E-state index in [2.05, 4.69) is 34.3 Å². The third-order valence-corrected chi connectivity index (χ3v) is 3.52. The summed E-state index contributed by atoms with van der Waals surface area (Å²) in [6.07, 6.45) is 4.79. The van der Waals surface area contributed by atoms with Gasteiger partial charge < -0.3 is 10.1 Å². The van der Waals surface area contributed by atoms with E-state index in [1.807, 2.05) is 13.2 Å². The molecule has 1 saturated heterocycles. The molecule has 0 aromatic carbocycles. The Morgan fingerprint density at radius 2 is 2.37 bits per heavy atom. The molecule has 1 aliphatic rings. The Morgan fingerprint density at radius 3 is 3.05 bits per heavy atom. The molecule has 0 aliphatic carbocycles. The van der Waals surface area contributed by atoms with Crippen molar-refractivity contribution in [3.63, 3.8) is 0 Å². The Labute approximate surface area is 116 Å². The normalized spacial score (nSPS) is 20.6. The van der Waals surface area contributed by atoms with Gasteiger partial charge in [-0.15, -0.1) is 0 Å². The largest absolute Gasteiger partial charge is 0.377 e. The molecule has 0 bridgehead atoms. The molecule has 4 heteroatoms. The maximum absolute atomic E-state index is 5.73. The lowest BCUT2D eigenvalue weighted by molar-refractivity contribution is 0.00331. The highest BCUT2D eigenvalue weighted by Crippen LogP contribution is 2.15. The van der Waals surface area contributed by atoms with Crippen LogP contribution in [0.2, 0.25) is 0 Å². The van der Waals surface area contributed by atoms with E-state index in [1.165, 1.54) is 18.4 Å². The molecule has 1 N–H and O–H groups in total. The van der Waals surface area contributed by atoms with Crippen molar-refractivity contribution in [2.45, 2.75) is 39.0 Å². The van der Waals surface area contributed by atoms with Gasteiger partial charge in [-0.1, -0.05) is 6.07 Å². The molecular formula is C15H25N3O. The summed E-state index contributed by atoms with van der Waals surface area (Å²) in [6, 6.07) is 4.29. The number of nitrogens with one attached hydrogen (secondary N) is 1. The average molecular weight is 263 g/mol. The van der Waals surface area contributed by atoms with Crippen molar-refractivity contribution in [1.82, 2.24) is 15.2 Å². The monoisotopic (exact) mass is 263 g/mol. The first kappa shape index (κ1) is 14.4. The lowest BCUT2D eigenvalue weighted by Crippen LogP contribution is -2.39. The summed E-state index contributed by atoms with van der Waals surface area (Å²) in [5.74, 6) is 0. The number of hydrogen-bond donors (Lipinski definition) is 1. The van der Waals surface area contributed by atoms with Crippen LogP contribution in [0.1, 0.15) is 31.0 Å². The number of aromatic nitrogens is 1. The van der Waals surface area contributed by atoms with E-state index in [9.17, 15) is 0 Å². The van der Waals surface area contributed by atoms with Gasteiger partial charge in [-0.2, -0.15) is 0 Å². The van der Waals surface area contributed by atoms with Gasteiger partial charge in [-0.25, -0.2) is 0 Å². The van der Waals surface area contributed by atoms with Crippen molar-refractivity contribution in [2.75, 3.05) is 26.7 Å². The summed E-state index contributed by atoms with van der Waals surface area (Å²) in [4.78, 5) is 6.99. The minimum absolute atomic E-state index is 0.405. The minimum Gasteiger partial charge on any atom is -0.377 e. The number of likely N-dealkylation sites (tertiary alicyclic amines) is 1. The third kappa shape index (κ3) is 4.56. The van der Waals surface area contributed by atoms with Crippen molar-refractivity contribution >= 4 is 0 Å². The molecule has 1 atom stereocenters. The van der Waals surface area contributed by atoms with Gasteiger partial charge in [0, 0.05) is 32.4 Å². The lowest BCUT2D eigenvalue weighted by atomic mass is 10.1. The summed E-state index contributed by atoms with van der Waals surface area (Å²) in [6.45, 7) is 6.89. The molecule has 2 heterocycles. The van der Waals surface area contributed by atoms with Crippen molar-refractivity contribution in [3.05, 3.63) is 29.6 Å². The van der Waals surface area contributed by atoms with E-state index >= 15 is 0 Å². The molecule has 4 nitrogen and oxygen atoms in total. The molecule has 19 heavy (non-hydrogen) atoms. The second-order valence-corrected chi connectivity index (χ2v) is 5.14. The molecule has 106 valence electrons. The van der Waals surface area contributed by atoms with E-state index < -0.39 is 0 Å². The molecule has 1 unspecified atom stereocenters. The highest BCUT2D eigenvalue weighted by molar-refractivity contribution is 5.14. The van der Waals surface area contributed by atoms with Crippen LogP contribution in [-0.2, 0) is 17.8 Å². The zero-order valence-electron chi connectivity index (χ0n) is 12.1. The summed E-state index contributed by atoms with van der Waals surface area (Å²) < 4.78 is 5.73. The van der Waals surface area contributed by atoms with Gasteiger partial charge >= 0.3 is 0 Å². The fraction of sp³-hybridized carbons (Fsp3) is 0.667. The lowest BCUT2D eigenvalue weighted by Gasteiger charge is -2.32. The Balaban J connectivity index is 1.85. The topological polar surface area (TPSA) is 37.4 Å². The number of pyridine rings is 1. The van der Waals surface area contributed by atoms with Crippen molar-refractivity contribution in [3.8, 4) is 0 Å². The zero-order valence-corrected chi connectivity index (χ0v) is 12.1. The van der Waals surface area contributed by atoms with Gasteiger partial charge in [0.2, 0.25) is 0 Å². The highest BCUT2D eigenvalue weighted by atomic mass is 16.5. The number of hydrogen-bond acceptors (Lipinski definition) is 4. The fourth-order valence-corrected chi connectivity index (χ4v) is 2.61. The van der Waals surface area contributed by atoms with E-state index in [-0.39, 0.29) is 0 Å². The molecule has 1 aromatic heterocycles. The molecule has 0 saturated carbocycles. The van der Waals surface area contributed by atoms with Crippen LogP contribution in [0.15, 0.2) is 18.3 Å². The molecule has 1 aliphatic heterocycles. The quantitative estimate of drug-likeness (QED) is 0.849. The fourth-order valence-electron chi connectivity index (χ4n) is 2.61. The first-order chi connectivity index (χ1) is 9.31. The smallest absolute Gasteiger partial charge is 0.0702 e. The van der Waals surface area contributed by atoms with Gasteiger partial charge in [0.15, 0.2) is 0 Å². The predicted molar refractivity (Wildman–Crippen MR) is 76.9 cm³/mol. The van der Waals surface area contributed by atoms with Crippen LogP contribution in [0, 0.1) is 0 Å². The molecule has 0 spiro atoms. The van der Waals surface area contributed by atoms with Crippen LogP contribution >= 0.6 is 0 Å². The van der Waals surface area contributed by atoms with E-state index in [4.69, 9.17) is 4.74 Å². The molecule has 0 amide bonds. The Bertz CT molecular complexity index is 364. The van der Waals surface area contributed by atoms with Crippen molar-refractivity contribution in [2.24, 2.45) is 0 Å². The SMILES string of the molecule is CCOC1CCCN(Cc2ccc(CNC)cn2)C1. The first-order valence-electron chi connectivity index (χ1n) is 7.24. The molecule has 2 rings (SSSR count). The minimum atomic E-state index is 0.405. The van der Waals surface area contributed by atoms with Crippen LogP contribution in [0.4, 0.5) is 0 Å². The standard InChI is InChI=1S/C15H25N3O/c1-3-19-15-5-4-8-18(12-15)11-14-7-6-13(9-16-2)10-17-14/h6-7,10,15-16H,3-5,8-9,11-12H2,1-2H3. The van der Waals surface area contributed by atoms with E-state index in [0.29, 0.717) is 6.10 Å². The summed E-state index contributed by atoms with van der Waals surface area (Å²) in [5, 5.41) is 3.14. The Morgan fingerprint density at radius 1 is 1.47 bits per heavy atom. The van der Waals surface area contributed by atoms with Gasteiger partial charge in [0.1, 0.15) is 0 Å². The average Bonchev–Trinajstić information content (AvgIpc) is 2.42. The second kappa shape index (κ2) is 7.58. The molecule has 1 aromatic rings. The Hall–Kier alpha value is -0.970. The summed E-state index contributed by atoms with van der Waals surface area (Å²) in [7, 11) is 1.95. The van der Waals surface area contributed by atoms with E-state index in [0.717, 1.165) is 38.5 Å². The zero-order chi connectivity index (χ0) is 13.5. The summed E-state index contributed by atoms with van der Waals surface area (Å²) in [5.41, 5.74) is 2.38. The summed E-state index contributed by atoms with van der Waals surface area (Å²) >= 11 is 0. The molecule has 0 radical (unpaired) electrons.